The van der Waals surface area contributed by atoms with E-state index in [0.29, 0.717) is 5.92 Å². The van der Waals surface area contributed by atoms with Gasteiger partial charge in [0.1, 0.15) is 17.9 Å². The quantitative estimate of drug-likeness (QED) is 0.812. The first-order valence-electron chi connectivity index (χ1n) is 7.46. The van der Waals surface area contributed by atoms with Gasteiger partial charge in [0, 0.05) is 6.04 Å². The Kier molecular flexibility index (Phi) is 5.78. The van der Waals surface area contributed by atoms with Crippen molar-refractivity contribution in [2.24, 2.45) is 5.73 Å². The van der Waals surface area contributed by atoms with Crippen molar-refractivity contribution in [3.63, 3.8) is 0 Å². The maximum Gasteiger partial charge on any atom is 0.240 e. The molecule has 1 rings (SSSR count). The Labute approximate surface area is 128 Å². The highest BCUT2D eigenvalue weighted by Crippen LogP contribution is 2.28. The molecule has 0 aromatic heterocycles. The largest absolute Gasteiger partial charge is 0.491 e. The third-order valence-corrected chi connectivity index (χ3v) is 3.46. The van der Waals surface area contributed by atoms with Gasteiger partial charge >= 0.3 is 0 Å². The molecule has 0 aliphatic heterocycles. The fraction of sp³-hybridized carbons (Fsp3) is 0.588. The molecule has 0 bridgehead atoms. The summed E-state index contributed by atoms with van der Waals surface area (Å²) in [6, 6.07) is 6.30. The van der Waals surface area contributed by atoms with Gasteiger partial charge < -0.3 is 10.5 Å². The second kappa shape index (κ2) is 6.94. The number of primary amides is 1. The van der Waals surface area contributed by atoms with Crippen molar-refractivity contribution in [1.29, 1.82) is 0 Å². The summed E-state index contributed by atoms with van der Waals surface area (Å²) in [4.78, 5) is 11.7. The van der Waals surface area contributed by atoms with Gasteiger partial charge in [-0.3, -0.25) is 10.1 Å². The first kappa shape index (κ1) is 17.5. The number of hydrogen-bond acceptors (Lipinski definition) is 3. The van der Waals surface area contributed by atoms with Crippen LogP contribution in [-0.2, 0) is 4.79 Å². The number of benzene rings is 1. The van der Waals surface area contributed by atoms with Crippen LogP contribution in [0.3, 0.4) is 0 Å². The Morgan fingerprint density at radius 1 is 1.33 bits per heavy atom. The molecule has 4 nitrogen and oxygen atoms in total. The van der Waals surface area contributed by atoms with E-state index in [9.17, 15) is 4.79 Å². The number of nitrogens with two attached hydrogens (primary N) is 1. The van der Waals surface area contributed by atoms with E-state index >= 15 is 0 Å². The molecule has 4 heteroatoms. The Morgan fingerprint density at radius 3 is 2.43 bits per heavy atom. The average Bonchev–Trinajstić information content (AvgIpc) is 2.35. The van der Waals surface area contributed by atoms with Crippen LogP contribution >= 0.6 is 0 Å². The third kappa shape index (κ3) is 4.74. The molecule has 0 saturated heterocycles. The molecule has 0 aliphatic carbocycles. The highest BCUT2D eigenvalue weighted by Gasteiger charge is 2.32. The van der Waals surface area contributed by atoms with Gasteiger partial charge in [0.15, 0.2) is 0 Å². The molecule has 3 N–H and O–H groups in total. The molecule has 1 aromatic carbocycles. The lowest BCUT2D eigenvalue weighted by molar-refractivity contribution is -0.125. The van der Waals surface area contributed by atoms with Crippen LogP contribution < -0.4 is 15.8 Å². The smallest absolute Gasteiger partial charge is 0.240 e. The number of carbonyl (C=O) groups is 1. The molecular formula is C17H28N2O2. The van der Waals surface area contributed by atoms with Gasteiger partial charge in [-0.15, -0.1) is 0 Å². The number of aryl methyl sites for hydroxylation is 1. The maximum absolute atomic E-state index is 11.7. The first-order valence-corrected chi connectivity index (χ1v) is 7.46. The monoisotopic (exact) mass is 292 g/mol. The van der Waals surface area contributed by atoms with Crippen LogP contribution in [0.15, 0.2) is 18.2 Å². The minimum absolute atomic E-state index is 0.146. The summed E-state index contributed by atoms with van der Waals surface area (Å²) >= 11 is 0. The number of carbonyl (C=O) groups excluding carboxylic acids is 1. The first-order chi connectivity index (χ1) is 9.65. The SMILES string of the molecule is Cc1ccc(C(C)C)c(OCC(C)(NC(C)C)C(N)=O)c1. The summed E-state index contributed by atoms with van der Waals surface area (Å²) in [6.07, 6.45) is 0. The van der Waals surface area contributed by atoms with Crippen LogP contribution in [0.25, 0.3) is 0 Å². The van der Waals surface area contributed by atoms with Crippen LogP contribution in [0.4, 0.5) is 0 Å². The van der Waals surface area contributed by atoms with Crippen molar-refractivity contribution in [2.45, 2.75) is 59.0 Å². The van der Waals surface area contributed by atoms with Crippen molar-refractivity contribution < 1.29 is 9.53 Å². The molecule has 0 radical (unpaired) electrons. The van der Waals surface area contributed by atoms with E-state index in [4.69, 9.17) is 10.5 Å². The molecule has 0 fully saturated rings. The molecule has 0 aliphatic rings. The van der Waals surface area contributed by atoms with E-state index in [2.05, 4.69) is 31.3 Å². The van der Waals surface area contributed by atoms with Crippen molar-refractivity contribution in [3.8, 4) is 5.75 Å². The Morgan fingerprint density at radius 2 is 1.95 bits per heavy atom. The van der Waals surface area contributed by atoms with Crippen LogP contribution in [-0.4, -0.2) is 24.1 Å². The Balaban J connectivity index is 2.95. The number of nitrogens with one attached hydrogen (secondary N) is 1. The van der Waals surface area contributed by atoms with Gasteiger partial charge in [-0.25, -0.2) is 0 Å². The van der Waals surface area contributed by atoms with E-state index in [0.717, 1.165) is 16.9 Å². The summed E-state index contributed by atoms with van der Waals surface area (Å²) in [5.74, 6) is 0.775. The normalized spacial score (nSPS) is 14.3. The fourth-order valence-electron chi connectivity index (χ4n) is 2.29. The highest BCUT2D eigenvalue weighted by atomic mass is 16.5. The van der Waals surface area contributed by atoms with Gasteiger partial charge in [0.25, 0.3) is 0 Å². The summed E-state index contributed by atoms with van der Waals surface area (Å²) in [6.45, 7) is 12.2. The summed E-state index contributed by atoms with van der Waals surface area (Å²) in [7, 11) is 0. The van der Waals surface area contributed by atoms with Crippen LogP contribution in [0.2, 0.25) is 0 Å². The molecule has 21 heavy (non-hydrogen) atoms. The molecule has 1 amide bonds. The lowest BCUT2D eigenvalue weighted by Gasteiger charge is -2.30. The van der Waals surface area contributed by atoms with E-state index in [1.165, 1.54) is 0 Å². The molecule has 0 saturated carbocycles. The molecule has 0 heterocycles. The predicted molar refractivity (Wildman–Crippen MR) is 86.6 cm³/mol. The van der Waals surface area contributed by atoms with Gasteiger partial charge in [-0.05, 0) is 50.8 Å². The van der Waals surface area contributed by atoms with E-state index < -0.39 is 11.4 Å². The number of hydrogen-bond donors (Lipinski definition) is 2. The van der Waals surface area contributed by atoms with Crippen LogP contribution in [0.5, 0.6) is 5.75 Å². The molecule has 118 valence electrons. The van der Waals surface area contributed by atoms with E-state index in [-0.39, 0.29) is 12.6 Å². The van der Waals surface area contributed by atoms with Crippen molar-refractivity contribution in [1.82, 2.24) is 5.32 Å². The van der Waals surface area contributed by atoms with Crippen LogP contribution in [0, 0.1) is 6.92 Å². The van der Waals surface area contributed by atoms with Gasteiger partial charge in [0.05, 0.1) is 0 Å². The molecule has 1 unspecified atom stereocenters. The van der Waals surface area contributed by atoms with Gasteiger partial charge in [0.2, 0.25) is 5.91 Å². The third-order valence-electron chi connectivity index (χ3n) is 3.46. The van der Waals surface area contributed by atoms with E-state index in [1.807, 2.05) is 26.8 Å². The molecule has 1 atom stereocenters. The minimum Gasteiger partial charge on any atom is -0.491 e. The zero-order chi connectivity index (χ0) is 16.2. The zero-order valence-electron chi connectivity index (χ0n) is 14.0. The number of ether oxygens (including phenoxy) is 1. The van der Waals surface area contributed by atoms with Gasteiger partial charge in [-0.1, -0.05) is 26.0 Å². The standard InChI is InChI=1S/C17H28N2O2/c1-11(2)14-8-7-13(5)9-15(14)21-10-17(6,16(18)20)19-12(3)4/h7-9,11-12,19H,10H2,1-6H3,(H2,18,20). The second-order valence-corrected chi connectivity index (χ2v) is 6.48. The van der Waals surface area contributed by atoms with Crippen molar-refractivity contribution in [2.75, 3.05) is 6.61 Å². The zero-order valence-corrected chi connectivity index (χ0v) is 14.0. The number of amides is 1. The van der Waals surface area contributed by atoms with Crippen molar-refractivity contribution in [3.05, 3.63) is 29.3 Å². The fourth-order valence-corrected chi connectivity index (χ4v) is 2.29. The lowest BCUT2D eigenvalue weighted by Crippen LogP contribution is -2.59. The van der Waals surface area contributed by atoms with Crippen LogP contribution in [0.1, 0.15) is 51.7 Å². The Bertz CT molecular complexity index is 498. The highest BCUT2D eigenvalue weighted by molar-refractivity contribution is 5.84. The molecule has 0 spiro atoms. The van der Waals surface area contributed by atoms with Gasteiger partial charge in [-0.2, -0.15) is 0 Å². The minimum atomic E-state index is -0.883. The Hall–Kier alpha value is -1.55. The predicted octanol–water partition coefficient (Wildman–Crippen LogP) is 2.74. The summed E-state index contributed by atoms with van der Waals surface area (Å²) in [5, 5.41) is 3.19. The molecule has 1 aromatic rings. The maximum atomic E-state index is 11.7. The summed E-state index contributed by atoms with van der Waals surface area (Å²) < 4.78 is 5.94. The van der Waals surface area contributed by atoms with E-state index in [1.54, 1.807) is 6.92 Å². The topological polar surface area (TPSA) is 64.3 Å². The lowest BCUT2D eigenvalue weighted by atomic mass is 9.99. The summed E-state index contributed by atoms with van der Waals surface area (Å²) in [5.41, 5.74) is 6.91. The second-order valence-electron chi connectivity index (χ2n) is 6.48. The van der Waals surface area contributed by atoms with Crippen molar-refractivity contribution >= 4 is 5.91 Å². The average molecular weight is 292 g/mol. The number of rotatable bonds is 7. The molecular weight excluding hydrogens is 264 g/mol.